The molecule has 0 atom stereocenters. The van der Waals surface area contributed by atoms with Crippen LogP contribution in [0.2, 0.25) is 5.15 Å². The maximum atomic E-state index is 12.6. The van der Waals surface area contributed by atoms with Crippen LogP contribution in [0.25, 0.3) is 0 Å². The van der Waals surface area contributed by atoms with E-state index in [9.17, 15) is 4.39 Å². The van der Waals surface area contributed by atoms with E-state index < -0.39 is 5.95 Å². The summed E-state index contributed by atoms with van der Waals surface area (Å²) in [6.45, 7) is 0.149. The van der Waals surface area contributed by atoms with E-state index in [4.69, 9.17) is 17.3 Å². The van der Waals surface area contributed by atoms with Gasteiger partial charge in [0, 0.05) is 12.1 Å². The van der Waals surface area contributed by atoms with Crippen molar-refractivity contribution in [2.75, 3.05) is 0 Å². The van der Waals surface area contributed by atoms with Crippen LogP contribution >= 0.6 is 24.0 Å². The van der Waals surface area contributed by atoms with Gasteiger partial charge < -0.3 is 5.73 Å². The van der Waals surface area contributed by atoms with Gasteiger partial charge in [0.25, 0.3) is 0 Å². The molecule has 5 heteroatoms. The van der Waals surface area contributed by atoms with E-state index in [1.165, 1.54) is 12.1 Å². The lowest BCUT2D eigenvalue weighted by molar-refractivity contribution is 0.567. The number of halogens is 3. The zero-order valence-corrected chi connectivity index (χ0v) is 7.12. The molecule has 0 saturated carbocycles. The van der Waals surface area contributed by atoms with Crippen molar-refractivity contribution in [1.29, 1.82) is 0 Å². The van der Waals surface area contributed by atoms with Crippen LogP contribution in [-0.2, 0) is 6.54 Å². The molecule has 1 aromatic heterocycles. The minimum absolute atomic E-state index is 0. The van der Waals surface area contributed by atoms with Crippen molar-refractivity contribution in [3.63, 3.8) is 0 Å². The molecule has 0 aliphatic heterocycles. The summed E-state index contributed by atoms with van der Waals surface area (Å²) < 4.78 is 12.6. The fourth-order valence-electron chi connectivity index (χ4n) is 0.593. The summed E-state index contributed by atoms with van der Waals surface area (Å²) in [7, 11) is 0. The maximum absolute atomic E-state index is 12.6. The number of nitrogens with zero attached hydrogens (tertiary/aromatic N) is 1. The van der Waals surface area contributed by atoms with Gasteiger partial charge in [-0.3, -0.25) is 0 Å². The first-order chi connectivity index (χ1) is 4.74. The quantitative estimate of drug-likeness (QED) is 0.696. The van der Waals surface area contributed by atoms with Crippen LogP contribution in [0.3, 0.4) is 0 Å². The predicted octanol–water partition coefficient (Wildman–Crippen LogP) is 1.75. The molecule has 0 spiro atoms. The number of hydrogen-bond acceptors (Lipinski definition) is 2. The Hall–Kier alpha value is -0.380. The topological polar surface area (TPSA) is 38.9 Å². The third kappa shape index (κ3) is 2.61. The largest absolute Gasteiger partial charge is 0.326 e. The Morgan fingerprint density at radius 3 is 2.64 bits per heavy atom. The molecule has 0 bridgehead atoms. The normalized spacial score (nSPS) is 9.00. The van der Waals surface area contributed by atoms with Gasteiger partial charge >= 0.3 is 0 Å². The smallest absolute Gasteiger partial charge is 0.218 e. The summed E-state index contributed by atoms with van der Waals surface area (Å²) in [5.41, 5.74) is 5.56. The van der Waals surface area contributed by atoms with Crippen LogP contribution in [0, 0.1) is 5.95 Å². The van der Waals surface area contributed by atoms with Crippen LogP contribution in [0.1, 0.15) is 5.56 Å². The molecular weight excluding hydrogens is 190 g/mol. The summed E-state index contributed by atoms with van der Waals surface area (Å²) in [5, 5.41) is 0.148. The summed E-state index contributed by atoms with van der Waals surface area (Å²) in [5.74, 6) is -0.588. The Labute approximate surface area is 75.0 Å². The lowest BCUT2D eigenvalue weighted by Crippen LogP contribution is -2.01. The van der Waals surface area contributed by atoms with Crippen LogP contribution in [-0.4, -0.2) is 4.98 Å². The average Bonchev–Trinajstić information content (AvgIpc) is 1.88. The van der Waals surface area contributed by atoms with E-state index in [0.717, 1.165) is 0 Å². The van der Waals surface area contributed by atoms with Crippen molar-refractivity contribution in [3.05, 3.63) is 28.8 Å². The highest BCUT2D eigenvalue weighted by Gasteiger charge is 2.00. The molecule has 0 aromatic carbocycles. The molecule has 1 heterocycles. The summed E-state index contributed by atoms with van der Waals surface area (Å²) in [6, 6.07) is 3.03. The third-order valence-corrected chi connectivity index (χ3v) is 1.32. The molecule has 0 fully saturated rings. The lowest BCUT2D eigenvalue weighted by Gasteiger charge is -1.96. The second-order valence-corrected chi connectivity index (χ2v) is 2.18. The molecule has 0 radical (unpaired) electrons. The van der Waals surface area contributed by atoms with Crippen molar-refractivity contribution in [2.45, 2.75) is 6.54 Å². The van der Waals surface area contributed by atoms with Crippen molar-refractivity contribution in [1.82, 2.24) is 4.98 Å². The Kier molecular flexibility index (Phi) is 4.33. The fourth-order valence-corrected chi connectivity index (χ4v) is 0.730. The van der Waals surface area contributed by atoms with Gasteiger partial charge in [0.1, 0.15) is 5.15 Å². The van der Waals surface area contributed by atoms with Gasteiger partial charge in [-0.15, -0.1) is 12.4 Å². The molecule has 0 unspecified atom stereocenters. The predicted molar refractivity (Wildman–Crippen MR) is 44.3 cm³/mol. The molecule has 0 amide bonds. The minimum Gasteiger partial charge on any atom is -0.326 e. The van der Waals surface area contributed by atoms with E-state index in [1.54, 1.807) is 0 Å². The molecule has 1 rings (SSSR count). The van der Waals surface area contributed by atoms with E-state index >= 15 is 0 Å². The van der Waals surface area contributed by atoms with Gasteiger partial charge in [-0.25, -0.2) is 4.98 Å². The summed E-state index contributed by atoms with van der Waals surface area (Å²) in [6.07, 6.45) is 0. The van der Waals surface area contributed by atoms with Crippen LogP contribution in [0.15, 0.2) is 12.1 Å². The van der Waals surface area contributed by atoms with E-state index in [0.29, 0.717) is 5.56 Å². The zero-order valence-electron chi connectivity index (χ0n) is 5.55. The Balaban J connectivity index is 0.000001000. The highest BCUT2D eigenvalue weighted by molar-refractivity contribution is 6.29. The van der Waals surface area contributed by atoms with Crippen molar-refractivity contribution < 1.29 is 4.39 Å². The average molecular weight is 197 g/mol. The van der Waals surface area contributed by atoms with E-state index in [-0.39, 0.29) is 24.1 Å². The summed E-state index contributed by atoms with van der Waals surface area (Å²) >= 11 is 5.38. The molecule has 0 aliphatic carbocycles. The van der Waals surface area contributed by atoms with Crippen LogP contribution in [0.5, 0.6) is 0 Å². The molecule has 62 valence electrons. The van der Waals surface area contributed by atoms with Crippen molar-refractivity contribution >= 4 is 24.0 Å². The first kappa shape index (κ1) is 10.6. The first-order valence-electron chi connectivity index (χ1n) is 2.75. The van der Waals surface area contributed by atoms with Gasteiger partial charge in [0.2, 0.25) is 5.95 Å². The van der Waals surface area contributed by atoms with Crippen molar-refractivity contribution in [3.8, 4) is 0 Å². The number of hydrogen-bond donors (Lipinski definition) is 1. The molecule has 0 saturated heterocycles. The van der Waals surface area contributed by atoms with Crippen LogP contribution < -0.4 is 5.73 Å². The number of rotatable bonds is 1. The van der Waals surface area contributed by atoms with Gasteiger partial charge in [-0.05, 0) is 6.07 Å². The zero-order chi connectivity index (χ0) is 7.56. The van der Waals surface area contributed by atoms with Gasteiger partial charge in [-0.1, -0.05) is 17.7 Å². The highest BCUT2D eigenvalue weighted by Crippen LogP contribution is 2.08. The first-order valence-corrected chi connectivity index (χ1v) is 3.13. The second kappa shape index (κ2) is 4.49. The maximum Gasteiger partial charge on any atom is 0.218 e. The Morgan fingerprint density at radius 2 is 2.18 bits per heavy atom. The van der Waals surface area contributed by atoms with Gasteiger partial charge in [0.05, 0.1) is 0 Å². The monoisotopic (exact) mass is 196 g/mol. The molecular formula is C6H7Cl2FN2. The summed E-state index contributed by atoms with van der Waals surface area (Å²) in [4.78, 5) is 3.36. The molecule has 1 aromatic rings. The van der Waals surface area contributed by atoms with Crippen molar-refractivity contribution in [2.24, 2.45) is 5.73 Å². The lowest BCUT2D eigenvalue weighted by atomic mass is 10.3. The van der Waals surface area contributed by atoms with Crippen LogP contribution in [0.4, 0.5) is 4.39 Å². The standard InChI is InChI=1S/C6H6ClFN2.ClH/c7-5-2-1-4(3-9)6(8)10-5;/h1-2H,3,9H2;1H. The number of nitrogens with two attached hydrogens (primary N) is 1. The Morgan fingerprint density at radius 1 is 1.55 bits per heavy atom. The molecule has 2 nitrogen and oxygen atoms in total. The van der Waals surface area contributed by atoms with Gasteiger partial charge in [0.15, 0.2) is 0 Å². The highest BCUT2D eigenvalue weighted by atomic mass is 35.5. The van der Waals surface area contributed by atoms with Gasteiger partial charge in [-0.2, -0.15) is 4.39 Å². The van der Waals surface area contributed by atoms with E-state index in [1.807, 2.05) is 0 Å². The number of pyridine rings is 1. The van der Waals surface area contributed by atoms with E-state index in [2.05, 4.69) is 4.98 Å². The number of aromatic nitrogens is 1. The Bertz CT molecular complexity index is 242. The molecule has 11 heavy (non-hydrogen) atoms. The minimum atomic E-state index is -0.588. The molecule has 0 aliphatic rings. The third-order valence-electron chi connectivity index (χ3n) is 1.11. The second-order valence-electron chi connectivity index (χ2n) is 1.79. The fraction of sp³-hybridized carbons (Fsp3) is 0.167. The molecule has 2 N–H and O–H groups in total. The SMILES string of the molecule is Cl.NCc1ccc(Cl)nc1F.